The average Bonchev–Trinajstić information content (AvgIpc) is 2.03. The van der Waals surface area contributed by atoms with Crippen LogP contribution in [0.15, 0.2) is 0 Å². The van der Waals surface area contributed by atoms with Gasteiger partial charge in [-0.25, -0.2) is 4.79 Å². The lowest BCUT2D eigenvalue weighted by Crippen LogP contribution is -2.48. The van der Waals surface area contributed by atoms with Crippen LogP contribution in [0.1, 0.15) is 19.8 Å². The maximum atomic E-state index is 11.5. The van der Waals surface area contributed by atoms with Crippen LogP contribution in [0.4, 0.5) is 4.79 Å². The van der Waals surface area contributed by atoms with E-state index in [4.69, 9.17) is 0 Å². The van der Waals surface area contributed by atoms with Crippen molar-refractivity contribution in [2.45, 2.75) is 25.4 Å². The van der Waals surface area contributed by atoms with Gasteiger partial charge in [-0.2, -0.15) is 0 Å². The van der Waals surface area contributed by atoms with Crippen molar-refractivity contribution in [3.63, 3.8) is 0 Å². The second-order valence-corrected chi connectivity index (χ2v) is 4.16. The molecule has 0 aliphatic carbocycles. The van der Waals surface area contributed by atoms with Gasteiger partial charge in [-0.05, 0) is 19.8 Å². The molecule has 13 heavy (non-hydrogen) atoms. The molecular formula is C9H18N2O2. The average molecular weight is 186 g/mol. The summed E-state index contributed by atoms with van der Waals surface area (Å²) < 4.78 is 0. The maximum Gasteiger partial charge on any atom is 0.319 e. The van der Waals surface area contributed by atoms with Gasteiger partial charge in [0.2, 0.25) is 0 Å². The van der Waals surface area contributed by atoms with Crippen LogP contribution < -0.4 is 0 Å². The monoisotopic (exact) mass is 186 g/mol. The van der Waals surface area contributed by atoms with E-state index >= 15 is 0 Å². The van der Waals surface area contributed by atoms with E-state index in [0.717, 1.165) is 0 Å². The molecule has 1 heterocycles. The zero-order chi connectivity index (χ0) is 10.1. The summed E-state index contributed by atoms with van der Waals surface area (Å²) in [6, 6.07) is 0.0375. The SMILES string of the molecule is CN(C)C(=O)N1CCC(C)(O)CC1. The van der Waals surface area contributed by atoms with Crippen LogP contribution >= 0.6 is 0 Å². The standard InChI is InChI=1S/C9H18N2O2/c1-9(13)4-6-11(7-5-9)8(12)10(2)3/h13H,4-7H2,1-3H3. The quantitative estimate of drug-likeness (QED) is 0.599. The lowest BCUT2D eigenvalue weighted by atomic mass is 9.94. The molecule has 0 radical (unpaired) electrons. The Hall–Kier alpha value is -0.770. The summed E-state index contributed by atoms with van der Waals surface area (Å²) in [7, 11) is 3.49. The highest BCUT2D eigenvalue weighted by Gasteiger charge is 2.29. The molecule has 0 aromatic carbocycles. The zero-order valence-corrected chi connectivity index (χ0v) is 8.58. The van der Waals surface area contributed by atoms with Crippen molar-refractivity contribution in [1.82, 2.24) is 9.80 Å². The number of aliphatic hydroxyl groups is 1. The number of urea groups is 1. The summed E-state index contributed by atoms with van der Waals surface area (Å²) >= 11 is 0. The molecule has 0 aromatic heterocycles. The lowest BCUT2D eigenvalue weighted by molar-refractivity contribution is 0.00191. The van der Waals surface area contributed by atoms with E-state index in [9.17, 15) is 9.90 Å². The number of amides is 2. The van der Waals surface area contributed by atoms with E-state index in [1.165, 1.54) is 0 Å². The molecule has 1 fully saturated rings. The van der Waals surface area contributed by atoms with Crippen molar-refractivity contribution in [1.29, 1.82) is 0 Å². The number of carbonyl (C=O) groups is 1. The minimum absolute atomic E-state index is 0.0375. The first kappa shape index (κ1) is 10.3. The molecule has 2 amide bonds. The highest BCUT2D eigenvalue weighted by Crippen LogP contribution is 2.21. The highest BCUT2D eigenvalue weighted by molar-refractivity contribution is 5.73. The third-order valence-electron chi connectivity index (χ3n) is 2.49. The van der Waals surface area contributed by atoms with E-state index in [0.29, 0.717) is 25.9 Å². The first-order valence-corrected chi connectivity index (χ1v) is 4.61. The number of likely N-dealkylation sites (tertiary alicyclic amines) is 1. The topological polar surface area (TPSA) is 43.8 Å². The molecule has 76 valence electrons. The number of piperidine rings is 1. The van der Waals surface area contributed by atoms with E-state index in [1.807, 2.05) is 6.92 Å². The fourth-order valence-corrected chi connectivity index (χ4v) is 1.46. The Kier molecular flexibility index (Phi) is 2.81. The molecule has 0 atom stereocenters. The van der Waals surface area contributed by atoms with Crippen molar-refractivity contribution in [3.8, 4) is 0 Å². The number of hydrogen-bond acceptors (Lipinski definition) is 2. The summed E-state index contributed by atoms with van der Waals surface area (Å²) in [5, 5.41) is 9.66. The van der Waals surface area contributed by atoms with Gasteiger partial charge >= 0.3 is 6.03 Å². The molecule has 4 nitrogen and oxygen atoms in total. The first-order valence-electron chi connectivity index (χ1n) is 4.61. The van der Waals surface area contributed by atoms with Crippen LogP contribution in [0.2, 0.25) is 0 Å². The second-order valence-electron chi connectivity index (χ2n) is 4.16. The van der Waals surface area contributed by atoms with E-state index in [-0.39, 0.29) is 6.03 Å². The van der Waals surface area contributed by atoms with Gasteiger partial charge in [-0.3, -0.25) is 0 Å². The Morgan fingerprint density at radius 2 is 1.85 bits per heavy atom. The number of hydrogen-bond donors (Lipinski definition) is 1. The van der Waals surface area contributed by atoms with Gasteiger partial charge in [0.15, 0.2) is 0 Å². The van der Waals surface area contributed by atoms with Crippen molar-refractivity contribution >= 4 is 6.03 Å². The van der Waals surface area contributed by atoms with Gasteiger partial charge in [-0.1, -0.05) is 0 Å². The molecule has 1 saturated heterocycles. The maximum absolute atomic E-state index is 11.5. The van der Waals surface area contributed by atoms with Gasteiger partial charge < -0.3 is 14.9 Å². The van der Waals surface area contributed by atoms with E-state index < -0.39 is 5.60 Å². The largest absolute Gasteiger partial charge is 0.390 e. The van der Waals surface area contributed by atoms with Crippen LogP contribution in [0.5, 0.6) is 0 Å². The molecule has 1 N–H and O–H groups in total. The highest BCUT2D eigenvalue weighted by atomic mass is 16.3. The Balaban J connectivity index is 2.46. The van der Waals surface area contributed by atoms with Gasteiger partial charge in [0.05, 0.1) is 5.60 Å². The van der Waals surface area contributed by atoms with Crippen LogP contribution in [-0.4, -0.2) is 53.7 Å². The smallest absolute Gasteiger partial charge is 0.319 e. The van der Waals surface area contributed by atoms with Gasteiger partial charge in [-0.15, -0.1) is 0 Å². The van der Waals surface area contributed by atoms with Gasteiger partial charge in [0.25, 0.3) is 0 Å². The first-order chi connectivity index (χ1) is 5.92. The number of rotatable bonds is 0. The fraction of sp³-hybridized carbons (Fsp3) is 0.889. The molecule has 0 unspecified atom stereocenters. The second kappa shape index (κ2) is 3.54. The van der Waals surface area contributed by atoms with E-state index in [2.05, 4.69) is 0 Å². The minimum Gasteiger partial charge on any atom is -0.390 e. The minimum atomic E-state index is -0.580. The molecule has 1 rings (SSSR count). The molecule has 0 spiro atoms. The lowest BCUT2D eigenvalue weighted by Gasteiger charge is -2.36. The van der Waals surface area contributed by atoms with Crippen LogP contribution in [-0.2, 0) is 0 Å². The Morgan fingerprint density at radius 1 is 1.38 bits per heavy atom. The molecule has 1 aliphatic heterocycles. The van der Waals surface area contributed by atoms with Crippen molar-refractivity contribution in [2.75, 3.05) is 27.2 Å². The van der Waals surface area contributed by atoms with Crippen LogP contribution in [0, 0.1) is 0 Å². The summed E-state index contributed by atoms with van der Waals surface area (Å²) in [5.41, 5.74) is -0.580. The third kappa shape index (κ3) is 2.59. The molecule has 4 heteroatoms. The van der Waals surface area contributed by atoms with E-state index in [1.54, 1.807) is 23.9 Å². The summed E-state index contributed by atoms with van der Waals surface area (Å²) in [4.78, 5) is 14.8. The summed E-state index contributed by atoms with van der Waals surface area (Å²) in [6.45, 7) is 3.14. The molecule has 0 aromatic rings. The summed E-state index contributed by atoms with van der Waals surface area (Å²) in [6.07, 6.45) is 1.35. The predicted molar refractivity (Wildman–Crippen MR) is 50.5 cm³/mol. The zero-order valence-electron chi connectivity index (χ0n) is 8.58. The molecular weight excluding hydrogens is 168 g/mol. The fourth-order valence-electron chi connectivity index (χ4n) is 1.46. The van der Waals surface area contributed by atoms with Crippen molar-refractivity contribution in [2.24, 2.45) is 0 Å². The molecule has 1 aliphatic rings. The molecule has 0 bridgehead atoms. The van der Waals surface area contributed by atoms with Crippen LogP contribution in [0.25, 0.3) is 0 Å². The van der Waals surface area contributed by atoms with Crippen molar-refractivity contribution < 1.29 is 9.90 Å². The Labute approximate surface area is 79.1 Å². The predicted octanol–water partition coefficient (Wildman–Crippen LogP) is 0.515. The van der Waals surface area contributed by atoms with Crippen LogP contribution in [0.3, 0.4) is 0 Å². The van der Waals surface area contributed by atoms with Crippen molar-refractivity contribution in [3.05, 3.63) is 0 Å². The van der Waals surface area contributed by atoms with Gasteiger partial charge in [0, 0.05) is 27.2 Å². The Morgan fingerprint density at radius 3 is 2.23 bits per heavy atom. The summed E-state index contributed by atoms with van der Waals surface area (Å²) in [5.74, 6) is 0. The Bertz CT molecular complexity index is 192. The number of carbonyl (C=O) groups excluding carboxylic acids is 1. The van der Waals surface area contributed by atoms with Gasteiger partial charge in [0.1, 0.15) is 0 Å². The third-order valence-corrected chi connectivity index (χ3v) is 2.49. The molecule has 0 saturated carbocycles. The number of nitrogens with zero attached hydrogens (tertiary/aromatic N) is 2. The normalized spacial score (nSPS) is 21.4.